The lowest BCUT2D eigenvalue weighted by Crippen LogP contribution is -2.55. The van der Waals surface area contributed by atoms with Crippen LogP contribution in [-0.4, -0.2) is 134 Å². The van der Waals surface area contributed by atoms with Crippen LogP contribution in [0, 0.1) is 13.8 Å². The number of hydrogen-bond donors (Lipinski definition) is 3. The highest BCUT2D eigenvalue weighted by molar-refractivity contribution is 5.84. The molecular weight excluding hydrogens is 642 g/mol. The Bertz CT molecular complexity index is 1690. The van der Waals surface area contributed by atoms with Crippen molar-refractivity contribution in [1.82, 2.24) is 34.4 Å². The fraction of sp³-hybridized carbons (Fsp3) is 0.528. The lowest BCUT2D eigenvalue weighted by Gasteiger charge is -2.43. The van der Waals surface area contributed by atoms with Crippen molar-refractivity contribution < 1.29 is 29.3 Å². The van der Waals surface area contributed by atoms with Gasteiger partial charge in [-0.05, 0) is 56.2 Å². The first kappa shape index (κ1) is 35.1. The number of ether oxygens (including phenoxy) is 1. The van der Waals surface area contributed by atoms with Crippen molar-refractivity contribution in [2.24, 2.45) is 0 Å². The molecular formula is C36H47N7O7. The van der Waals surface area contributed by atoms with E-state index < -0.39 is 18.2 Å². The molecule has 1 aromatic heterocycles. The maximum atomic E-state index is 14.0. The molecule has 50 heavy (non-hydrogen) atoms. The number of aliphatic carboxylic acids is 1. The molecule has 14 nitrogen and oxygen atoms in total. The Hall–Kier alpha value is -4.69. The summed E-state index contributed by atoms with van der Waals surface area (Å²) in [5.41, 5.74) is 2.70. The summed E-state index contributed by atoms with van der Waals surface area (Å²) in [6.45, 7) is 8.45. The maximum Gasteiger partial charge on any atom is 0.410 e. The van der Waals surface area contributed by atoms with E-state index in [9.17, 15) is 24.3 Å². The molecule has 2 aromatic carbocycles. The average molecular weight is 690 g/mol. The van der Waals surface area contributed by atoms with E-state index in [1.807, 2.05) is 47.4 Å². The number of carbonyl (C=O) groups is 3. The zero-order valence-electron chi connectivity index (χ0n) is 28.8. The van der Waals surface area contributed by atoms with Crippen LogP contribution >= 0.6 is 0 Å². The maximum absolute atomic E-state index is 14.0. The lowest BCUT2D eigenvalue weighted by molar-refractivity contribution is -0.142. The monoisotopic (exact) mass is 689 g/mol. The number of carbonyl (C=O) groups excluding carboxylic acids is 2. The van der Waals surface area contributed by atoms with Crippen LogP contribution in [0.5, 0.6) is 5.75 Å². The molecule has 3 aliphatic rings. The second-order valence-corrected chi connectivity index (χ2v) is 13.7. The van der Waals surface area contributed by atoms with Crippen molar-refractivity contribution in [1.29, 1.82) is 0 Å². The van der Waals surface area contributed by atoms with Crippen LogP contribution < -0.4 is 5.69 Å². The minimum Gasteiger partial charge on any atom is -0.507 e. The van der Waals surface area contributed by atoms with Gasteiger partial charge in [0.05, 0.1) is 12.6 Å². The Kier molecular flexibility index (Phi) is 10.9. The second-order valence-electron chi connectivity index (χ2n) is 13.7. The molecule has 14 heteroatoms. The number of nitrogens with one attached hydrogen (secondary N) is 1. The number of likely N-dealkylation sites (tertiary alicyclic amines) is 2. The Labute approximate surface area is 291 Å². The van der Waals surface area contributed by atoms with Crippen molar-refractivity contribution in [3.05, 3.63) is 69.6 Å². The fourth-order valence-electron chi connectivity index (χ4n) is 7.49. The molecule has 0 spiro atoms. The van der Waals surface area contributed by atoms with Gasteiger partial charge in [-0.2, -0.15) is 0 Å². The number of aromatic amines is 1. The molecule has 3 aromatic rings. The Morgan fingerprint density at radius 2 is 1.48 bits per heavy atom. The van der Waals surface area contributed by atoms with Gasteiger partial charge in [-0.15, -0.1) is 5.10 Å². The standard InChI is InChI=1S/C36H47N7O7/c1-24-20-26(21-25(2)32(24)46)22-30(34(47)41-12-8-28(9-13-41)40-18-16-39(17-19-40)23-31(44)45)50-36(49)42-14-10-29(11-15-42)43-35(48)37-33(38-43)27-6-4-3-5-7-27/h3-7,20-21,28-30,46H,8-19,22-23H2,1-2H3,(H,44,45)(H,37,38,48)/t30-/m1/s1. The van der Waals surface area contributed by atoms with E-state index in [0.717, 1.165) is 37.1 Å². The topological polar surface area (TPSA) is 165 Å². The molecule has 3 N–H and O–H groups in total. The first-order chi connectivity index (χ1) is 24.0. The summed E-state index contributed by atoms with van der Waals surface area (Å²) in [4.78, 5) is 62.0. The largest absolute Gasteiger partial charge is 0.507 e. The SMILES string of the molecule is Cc1cc(C[C@@H](OC(=O)N2CCC(n3nc(-c4ccccc4)[nH]c3=O)CC2)C(=O)N2CCC(N3CCN(CC(=O)O)CC3)CC2)cc(C)c1O. The number of amides is 2. The summed E-state index contributed by atoms with van der Waals surface area (Å²) in [7, 11) is 0. The van der Waals surface area contributed by atoms with Gasteiger partial charge in [0.1, 0.15) is 5.75 Å². The number of carboxylic acid groups (broad SMARTS) is 1. The van der Waals surface area contributed by atoms with Gasteiger partial charge >= 0.3 is 17.8 Å². The Morgan fingerprint density at radius 1 is 0.880 bits per heavy atom. The Morgan fingerprint density at radius 3 is 2.10 bits per heavy atom. The van der Waals surface area contributed by atoms with E-state index in [1.54, 1.807) is 23.6 Å². The number of H-pyrrole nitrogens is 1. The normalized spacial score (nSPS) is 19.0. The third kappa shape index (κ3) is 8.19. The van der Waals surface area contributed by atoms with E-state index in [4.69, 9.17) is 9.84 Å². The van der Waals surface area contributed by atoms with Crippen LogP contribution in [0.4, 0.5) is 4.79 Å². The van der Waals surface area contributed by atoms with Gasteiger partial charge in [0.15, 0.2) is 11.9 Å². The summed E-state index contributed by atoms with van der Waals surface area (Å²) in [5, 5.41) is 24.0. The van der Waals surface area contributed by atoms with Gasteiger partial charge in [-0.3, -0.25) is 24.4 Å². The predicted molar refractivity (Wildman–Crippen MR) is 185 cm³/mol. The smallest absolute Gasteiger partial charge is 0.410 e. The summed E-state index contributed by atoms with van der Waals surface area (Å²) in [6.07, 6.45) is 1.18. The summed E-state index contributed by atoms with van der Waals surface area (Å²) < 4.78 is 7.48. The molecule has 6 rings (SSSR count). The summed E-state index contributed by atoms with van der Waals surface area (Å²) >= 11 is 0. The number of carboxylic acids is 1. The van der Waals surface area contributed by atoms with Gasteiger partial charge in [0.25, 0.3) is 5.91 Å². The molecule has 0 saturated carbocycles. The molecule has 0 bridgehead atoms. The van der Waals surface area contributed by atoms with Crippen molar-refractivity contribution >= 4 is 18.0 Å². The molecule has 2 amide bonds. The molecule has 268 valence electrons. The number of phenols is 1. The molecule has 0 unspecified atom stereocenters. The van der Waals surface area contributed by atoms with E-state index in [2.05, 4.69) is 15.0 Å². The Balaban J connectivity index is 1.08. The van der Waals surface area contributed by atoms with Gasteiger partial charge in [0.2, 0.25) is 0 Å². The predicted octanol–water partition coefficient (Wildman–Crippen LogP) is 2.64. The number of benzene rings is 2. The number of nitrogens with zero attached hydrogens (tertiary/aromatic N) is 6. The van der Waals surface area contributed by atoms with E-state index in [0.29, 0.717) is 75.1 Å². The molecule has 0 radical (unpaired) electrons. The summed E-state index contributed by atoms with van der Waals surface area (Å²) in [6, 6.07) is 13.2. The van der Waals surface area contributed by atoms with Crippen molar-refractivity contribution in [2.45, 2.75) is 64.1 Å². The highest BCUT2D eigenvalue weighted by atomic mass is 16.6. The number of aromatic nitrogens is 3. The number of rotatable bonds is 9. The fourth-order valence-corrected chi connectivity index (χ4v) is 7.49. The van der Waals surface area contributed by atoms with Crippen LogP contribution in [0.2, 0.25) is 0 Å². The third-order valence-electron chi connectivity index (χ3n) is 10.3. The van der Waals surface area contributed by atoms with Crippen LogP contribution in [0.1, 0.15) is 48.4 Å². The van der Waals surface area contributed by atoms with Crippen molar-refractivity contribution in [2.75, 3.05) is 58.9 Å². The third-order valence-corrected chi connectivity index (χ3v) is 10.3. The first-order valence-corrected chi connectivity index (χ1v) is 17.5. The number of piperidine rings is 2. The van der Waals surface area contributed by atoms with Crippen LogP contribution in [-0.2, 0) is 20.7 Å². The first-order valence-electron chi connectivity index (χ1n) is 17.5. The highest BCUT2D eigenvalue weighted by Gasteiger charge is 2.36. The van der Waals surface area contributed by atoms with Crippen molar-refractivity contribution in [3.63, 3.8) is 0 Å². The summed E-state index contributed by atoms with van der Waals surface area (Å²) in [5.74, 6) is -0.348. The van der Waals surface area contributed by atoms with Crippen LogP contribution in [0.3, 0.4) is 0 Å². The van der Waals surface area contributed by atoms with Gasteiger partial charge in [-0.1, -0.05) is 42.5 Å². The molecule has 3 saturated heterocycles. The van der Waals surface area contributed by atoms with Crippen LogP contribution in [0.15, 0.2) is 47.3 Å². The zero-order chi connectivity index (χ0) is 35.4. The molecule has 0 aliphatic carbocycles. The van der Waals surface area contributed by atoms with E-state index in [1.165, 1.54) is 4.68 Å². The highest BCUT2D eigenvalue weighted by Crippen LogP contribution is 2.27. The minimum absolute atomic E-state index is 0.0543. The number of hydrogen-bond acceptors (Lipinski definition) is 9. The molecule has 3 aliphatic heterocycles. The molecule has 1 atom stereocenters. The van der Waals surface area contributed by atoms with E-state index in [-0.39, 0.29) is 36.4 Å². The van der Waals surface area contributed by atoms with Crippen molar-refractivity contribution in [3.8, 4) is 17.1 Å². The van der Waals surface area contributed by atoms with Gasteiger partial charge < -0.3 is 24.7 Å². The quantitative estimate of drug-likeness (QED) is 0.304. The lowest BCUT2D eigenvalue weighted by atomic mass is 9.98. The van der Waals surface area contributed by atoms with Gasteiger partial charge in [-0.25, -0.2) is 14.3 Å². The van der Waals surface area contributed by atoms with Gasteiger partial charge in [0, 0.05) is 70.4 Å². The average Bonchev–Trinajstić information content (AvgIpc) is 3.52. The second kappa shape index (κ2) is 15.5. The zero-order valence-corrected chi connectivity index (χ0v) is 28.8. The minimum atomic E-state index is -1.04. The number of piperazine rings is 1. The number of phenolic OH excluding ortho intramolecular Hbond substituents is 1. The number of aromatic hydroxyl groups is 1. The molecule has 4 heterocycles. The van der Waals surface area contributed by atoms with Crippen LogP contribution in [0.25, 0.3) is 11.4 Å². The molecule has 3 fully saturated rings. The van der Waals surface area contributed by atoms with E-state index >= 15 is 0 Å². The number of aryl methyl sites for hydroxylation is 2.